The van der Waals surface area contributed by atoms with Crippen molar-refractivity contribution in [3.05, 3.63) is 51.2 Å². The summed E-state index contributed by atoms with van der Waals surface area (Å²) in [6.07, 6.45) is 0. The average Bonchev–Trinajstić information content (AvgIpc) is 3.01. The number of benzene rings is 1. The zero-order chi connectivity index (χ0) is 13.2. The van der Waals surface area contributed by atoms with Crippen LogP contribution in [0.4, 0.5) is 0 Å². The number of aromatic nitrogens is 1. The molecule has 98 valence electrons. The third-order valence-electron chi connectivity index (χ3n) is 3.19. The molecule has 1 N–H and O–H groups in total. The molecule has 1 atom stereocenters. The number of hydrogen-bond acceptors (Lipinski definition) is 4. The van der Waals surface area contributed by atoms with Crippen molar-refractivity contribution >= 4 is 32.9 Å². The van der Waals surface area contributed by atoms with E-state index in [-0.39, 0.29) is 0 Å². The van der Waals surface area contributed by atoms with Gasteiger partial charge in [0.1, 0.15) is 5.01 Å². The molecular formula is C15H16N2S2. The highest BCUT2D eigenvalue weighted by Crippen LogP contribution is 2.25. The Morgan fingerprint density at radius 1 is 1.26 bits per heavy atom. The van der Waals surface area contributed by atoms with Crippen LogP contribution < -0.4 is 5.32 Å². The first-order chi connectivity index (χ1) is 9.24. The molecule has 2 heterocycles. The Hall–Kier alpha value is -1.23. The topological polar surface area (TPSA) is 24.9 Å². The normalized spacial score (nSPS) is 12.9. The van der Waals surface area contributed by atoms with Crippen molar-refractivity contribution in [3.8, 4) is 0 Å². The quantitative estimate of drug-likeness (QED) is 0.763. The zero-order valence-electron chi connectivity index (χ0n) is 11.0. The van der Waals surface area contributed by atoms with E-state index < -0.39 is 0 Å². The highest BCUT2D eigenvalue weighted by molar-refractivity contribution is 7.18. The van der Waals surface area contributed by atoms with E-state index in [0.717, 1.165) is 17.1 Å². The number of aryl methyl sites for hydroxylation is 1. The van der Waals surface area contributed by atoms with E-state index >= 15 is 0 Å². The van der Waals surface area contributed by atoms with Crippen LogP contribution in [0.1, 0.15) is 28.4 Å². The van der Waals surface area contributed by atoms with E-state index in [9.17, 15) is 0 Å². The summed E-state index contributed by atoms with van der Waals surface area (Å²) in [7, 11) is 0. The minimum absolute atomic E-state index is 0.381. The third-order valence-corrected chi connectivity index (χ3v) is 5.43. The summed E-state index contributed by atoms with van der Waals surface area (Å²) < 4.78 is 1.26. The van der Waals surface area contributed by atoms with Crippen LogP contribution in [0.25, 0.3) is 10.2 Å². The molecule has 0 fully saturated rings. The highest BCUT2D eigenvalue weighted by Gasteiger charge is 2.10. The van der Waals surface area contributed by atoms with E-state index in [1.54, 1.807) is 11.3 Å². The number of rotatable bonds is 4. The molecular weight excluding hydrogens is 272 g/mol. The summed E-state index contributed by atoms with van der Waals surface area (Å²) in [5.74, 6) is 0. The van der Waals surface area contributed by atoms with Gasteiger partial charge in [-0.15, -0.1) is 22.7 Å². The van der Waals surface area contributed by atoms with Crippen LogP contribution in [0.2, 0.25) is 0 Å². The lowest BCUT2D eigenvalue weighted by molar-refractivity contribution is 0.580. The minimum Gasteiger partial charge on any atom is -0.303 e. The maximum Gasteiger partial charge on any atom is 0.108 e. The van der Waals surface area contributed by atoms with Gasteiger partial charge in [0.25, 0.3) is 0 Å². The molecule has 1 unspecified atom stereocenters. The predicted octanol–water partition coefficient (Wildman–Crippen LogP) is 4.52. The molecule has 19 heavy (non-hydrogen) atoms. The fourth-order valence-corrected chi connectivity index (χ4v) is 4.04. The smallest absolute Gasteiger partial charge is 0.108 e. The molecule has 1 aromatic carbocycles. The summed E-state index contributed by atoms with van der Waals surface area (Å²) in [5, 5.41) is 6.87. The molecule has 0 aliphatic heterocycles. The van der Waals surface area contributed by atoms with Gasteiger partial charge in [-0.3, -0.25) is 0 Å². The first-order valence-electron chi connectivity index (χ1n) is 6.36. The number of thiazole rings is 1. The molecule has 2 nitrogen and oxygen atoms in total. The molecule has 2 aromatic heterocycles. The van der Waals surface area contributed by atoms with Crippen molar-refractivity contribution < 1.29 is 0 Å². The Morgan fingerprint density at radius 2 is 2.11 bits per heavy atom. The van der Waals surface area contributed by atoms with Crippen molar-refractivity contribution in [1.29, 1.82) is 0 Å². The molecule has 0 saturated heterocycles. The molecule has 0 aliphatic carbocycles. The molecule has 0 bridgehead atoms. The van der Waals surface area contributed by atoms with Gasteiger partial charge in [-0.25, -0.2) is 4.98 Å². The third kappa shape index (κ3) is 2.71. The van der Waals surface area contributed by atoms with E-state index in [4.69, 9.17) is 0 Å². The number of nitrogens with one attached hydrogen (secondary N) is 1. The Balaban J connectivity index is 1.70. The van der Waals surface area contributed by atoms with Gasteiger partial charge in [0, 0.05) is 17.5 Å². The van der Waals surface area contributed by atoms with Gasteiger partial charge in [-0.05, 0) is 43.0 Å². The van der Waals surface area contributed by atoms with E-state index in [0.29, 0.717) is 6.04 Å². The Morgan fingerprint density at radius 3 is 2.84 bits per heavy atom. The zero-order valence-corrected chi connectivity index (χ0v) is 12.6. The van der Waals surface area contributed by atoms with Crippen LogP contribution in [0.15, 0.2) is 35.7 Å². The standard InChI is InChI=1S/C15H16N2S2/c1-10-7-8-18-15(10)11(2)16-9-14-17-12-5-3-4-6-13(12)19-14/h3-8,11,16H,9H2,1-2H3. The summed E-state index contributed by atoms with van der Waals surface area (Å²) in [6.45, 7) is 5.21. The number of nitrogens with zero attached hydrogens (tertiary/aromatic N) is 1. The maximum absolute atomic E-state index is 4.65. The minimum atomic E-state index is 0.381. The molecule has 4 heteroatoms. The SMILES string of the molecule is Cc1ccsc1C(C)NCc1nc2ccccc2s1. The predicted molar refractivity (Wildman–Crippen MR) is 83.9 cm³/mol. The lowest BCUT2D eigenvalue weighted by atomic mass is 10.2. The summed E-state index contributed by atoms with van der Waals surface area (Å²) in [5.41, 5.74) is 2.47. The van der Waals surface area contributed by atoms with Gasteiger partial charge >= 0.3 is 0 Å². The Labute approximate surface area is 121 Å². The average molecular weight is 288 g/mol. The van der Waals surface area contributed by atoms with Crippen LogP contribution in [0, 0.1) is 6.92 Å². The summed E-state index contributed by atoms with van der Waals surface area (Å²) in [4.78, 5) is 6.07. The number of fused-ring (bicyclic) bond motifs is 1. The number of hydrogen-bond donors (Lipinski definition) is 1. The molecule has 0 amide bonds. The first kappa shape index (κ1) is 12.8. The fraction of sp³-hybridized carbons (Fsp3) is 0.267. The Kier molecular flexibility index (Phi) is 3.64. The summed E-state index contributed by atoms with van der Waals surface area (Å²) >= 11 is 3.59. The highest BCUT2D eigenvalue weighted by atomic mass is 32.1. The van der Waals surface area contributed by atoms with Crippen LogP contribution in [0.3, 0.4) is 0 Å². The first-order valence-corrected chi connectivity index (χ1v) is 8.05. The molecule has 3 aromatic rings. The lowest BCUT2D eigenvalue weighted by Crippen LogP contribution is -2.17. The van der Waals surface area contributed by atoms with Gasteiger partial charge in [-0.1, -0.05) is 12.1 Å². The monoisotopic (exact) mass is 288 g/mol. The van der Waals surface area contributed by atoms with Crippen LogP contribution in [0.5, 0.6) is 0 Å². The van der Waals surface area contributed by atoms with Gasteiger partial charge in [-0.2, -0.15) is 0 Å². The van der Waals surface area contributed by atoms with Gasteiger partial charge in [0.05, 0.1) is 10.2 Å². The fourth-order valence-electron chi connectivity index (χ4n) is 2.16. The molecule has 0 aliphatic rings. The van der Waals surface area contributed by atoms with E-state index in [2.05, 4.69) is 53.8 Å². The largest absolute Gasteiger partial charge is 0.303 e. The molecule has 0 spiro atoms. The van der Waals surface area contributed by atoms with E-state index in [1.165, 1.54) is 15.1 Å². The molecule has 0 saturated carbocycles. The van der Waals surface area contributed by atoms with Crippen LogP contribution in [-0.2, 0) is 6.54 Å². The second kappa shape index (κ2) is 5.41. The number of para-hydroxylation sites is 1. The van der Waals surface area contributed by atoms with Crippen LogP contribution >= 0.6 is 22.7 Å². The van der Waals surface area contributed by atoms with Crippen molar-refractivity contribution in [2.24, 2.45) is 0 Å². The van der Waals surface area contributed by atoms with Crippen molar-refractivity contribution in [2.75, 3.05) is 0 Å². The second-order valence-corrected chi connectivity index (χ2v) is 6.71. The second-order valence-electron chi connectivity index (χ2n) is 4.65. The van der Waals surface area contributed by atoms with E-state index in [1.807, 2.05) is 17.4 Å². The molecule has 3 rings (SSSR count). The van der Waals surface area contributed by atoms with Crippen molar-refractivity contribution in [3.63, 3.8) is 0 Å². The van der Waals surface area contributed by atoms with Crippen molar-refractivity contribution in [1.82, 2.24) is 10.3 Å². The van der Waals surface area contributed by atoms with Crippen molar-refractivity contribution in [2.45, 2.75) is 26.4 Å². The Bertz CT molecular complexity index is 651. The van der Waals surface area contributed by atoms with Gasteiger partial charge in [0.15, 0.2) is 0 Å². The van der Waals surface area contributed by atoms with Gasteiger partial charge < -0.3 is 5.32 Å². The van der Waals surface area contributed by atoms with Crippen LogP contribution in [-0.4, -0.2) is 4.98 Å². The molecule has 0 radical (unpaired) electrons. The summed E-state index contributed by atoms with van der Waals surface area (Å²) in [6, 6.07) is 10.9. The van der Waals surface area contributed by atoms with Gasteiger partial charge in [0.2, 0.25) is 0 Å². The lowest BCUT2D eigenvalue weighted by Gasteiger charge is -2.12. The number of thiophene rings is 1. The maximum atomic E-state index is 4.65.